The smallest absolute Gasteiger partial charge is 0.566 e. The summed E-state index contributed by atoms with van der Waals surface area (Å²) in [6.45, 7) is 5.17. The van der Waals surface area contributed by atoms with E-state index in [4.69, 9.17) is 5.11 Å². The molecular formula is C7H13CsO. The first kappa shape index (κ1) is 13.3. The molecule has 2 heteroatoms. The summed E-state index contributed by atoms with van der Waals surface area (Å²) in [5, 5.41) is 8.40. The topological polar surface area (TPSA) is 20.2 Å². The Kier molecular flexibility index (Phi) is 14.5. The second kappa shape index (κ2) is 9.75. The fourth-order valence-electron chi connectivity index (χ4n) is 0.412. The summed E-state index contributed by atoms with van der Waals surface area (Å²) in [6, 6.07) is 0. The van der Waals surface area contributed by atoms with Crippen LogP contribution >= 0.6 is 0 Å². The van der Waals surface area contributed by atoms with E-state index >= 15 is 0 Å². The summed E-state index contributed by atoms with van der Waals surface area (Å²) >= 11 is 0. The SMILES string of the molecule is C/C=C\C[C@@H](C)[CH-]O.[Cs+]. The second-order valence-corrected chi connectivity index (χ2v) is 1.93. The molecule has 0 radical (unpaired) electrons. The van der Waals surface area contributed by atoms with Gasteiger partial charge in [-0.15, -0.1) is 5.92 Å². The number of aliphatic hydroxyl groups is 1. The standard InChI is InChI=1S/C7H13O.Cs/c1-3-4-5-7(2)6-8;/h3-4,6-8H,5H2,1-2H3;/q-1;+1/b4-3-;/t7-;/m1./s1. The molecule has 0 aromatic carbocycles. The molecule has 0 unspecified atom stereocenters. The van der Waals surface area contributed by atoms with E-state index in [1.54, 1.807) is 0 Å². The molecule has 0 fully saturated rings. The summed E-state index contributed by atoms with van der Waals surface area (Å²) in [4.78, 5) is 0. The van der Waals surface area contributed by atoms with Gasteiger partial charge in [-0.2, -0.15) is 0 Å². The summed E-state index contributed by atoms with van der Waals surface area (Å²) in [6.07, 6.45) is 4.96. The Hall–Kier alpha value is 1.75. The monoisotopic (exact) mass is 246 g/mol. The molecule has 48 valence electrons. The quantitative estimate of drug-likeness (QED) is 0.507. The minimum atomic E-state index is 0. The third-order valence-electron chi connectivity index (χ3n) is 0.998. The number of hydrogen-bond donors (Lipinski definition) is 1. The molecule has 1 N–H and O–H groups in total. The van der Waals surface area contributed by atoms with Crippen LogP contribution in [0.2, 0.25) is 0 Å². The van der Waals surface area contributed by atoms with Crippen molar-refractivity contribution in [3.63, 3.8) is 0 Å². The van der Waals surface area contributed by atoms with Crippen LogP contribution in [-0.4, -0.2) is 5.11 Å². The van der Waals surface area contributed by atoms with Gasteiger partial charge in [-0.05, 0) is 6.92 Å². The van der Waals surface area contributed by atoms with E-state index in [0.29, 0.717) is 5.92 Å². The van der Waals surface area contributed by atoms with Gasteiger partial charge >= 0.3 is 68.9 Å². The first-order chi connectivity index (χ1) is 3.81. The molecule has 0 spiro atoms. The van der Waals surface area contributed by atoms with Crippen LogP contribution < -0.4 is 68.9 Å². The third kappa shape index (κ3) is 9.75. The molecule has 0 saturated carbocycles. The van der Waals surface area contributed by atoms with Gasteiger partial charge in [0.05, 0.1) is 0 Å². The van der Waals surface area contributed by atoms with Gasteiger partial charge in [0, 0.05) is 0 Å². The normalized spacial score (nSPS) is 13.2. The molecule has 1 nitrogen and oxygen atoms in total. The van der Waals surface area contributed by atoms with Crippen LogP contribution in [-0.2, 0) is 0 Å². The maximum absolute atomic E-state index is 8.40. The Balaban J connectivity index is 0. The van der Waals surface area contributed by atoms with Crippen LogP contribution in [0.25, 0.3) is 0 Å². The van der Waals surface area contributed by atoms with E-state index < -0.39 is 0 Å². The first-order valence-electron chi connectivity index (χ1n) is 2.90. The molecule has 0 aliphatic rings. The average Bonchev–Trinajstić information content (AvgIpc) is 1.83. The van der Waals surface area contributed by atoms with E-state index in [1.165, 1.54) is 6.61 Å². The van der Waals surface area contributed by atoms with Crippen molar-refractivity contribution in [2.24, 2.45) is 5.92 Å². The summed E-state index contributed by atoms with van der Waals surface area (Å²) in [5.74, 6) is 0.297. The van der Waals surface area contributed by atoms with E-state index in [1.807, 2.05) is 26.0 Å². The molecule has 0 bridgehead atoms. The molecule has 0 aromatic heterocycles. The maximum atomic E-state index is 8.40. The number of hydrogen-bond acceptors (Lipinski definition) is 1. The molecule has 9 heavy (non-hydrogen) atoms. The minimum absolute atomic E-state index is 0. The molecule has 0 aromatic rings. The summed E-state index contributed by atoms with van der Waals surface area (Å²) in [7, 11) is 0. The van der Waals surface area contributed by atoms with Crippen LogP contribution in [0.3, 0.4) is 0 Å². The summed E-state index contributed by atoms with van der Waals surface area (Å²) < 4.78 is 0. The van der Waals surface area contributed by atoms with Crippen LogP contribution in [0.1, 0.15) is 20.3 Å². The van der Waals surface area contributed by atoms with Crippen LogP contribution in [0, 0.1) is 12.5 Å². The number of rotatable bonds is 3. The van der Waals surface area contributed by atoms with Crippen molar-refractivity contribution >= 4 is 0 Å². The van der Waals surface area contributed by atoms with E-state index in [0.717, 1.165) is 6.42 Å². The van der Waals surface area contributed by atoms with Crippen molar-refractivity contribution in [3.8, 4) is 0 Å². The fraction of sp³-hybridized carbons (Fsp3) is 0.571. The van der Waals surface area contributed by atoms with Gasteiger partial charge in [0.1, 0.15) is 0 Å². The van der Waals surface area contributed by atoms with E-state index in [9.17, 15) is 0 Å². The fourth-order valence-corrected chi connectivity index (χ4v) is 0.412. The van der Waals surface area contributed by atoms with Gasteiger partial charge in [-0.3, -0.25) is 0 Å². The molecule has 1 atom stereocenters. The van der Waals surface area contributed by atoms with Crippen molar-refractivity contribution in [3.05, 3.63) is 18.8 Å². The minimum Gasteiger partial charge on any atom is -0.566 e. The van der Waals surface area contributed by atoms with Gasteiger partial charge in [0.2, 0.25) is 0 Å². The number of aliphatic hydroxyl groups excluding tert-OH is 1. The van der Waals surface area contributed by atoms with Gasteiger partial charge in [-0.1, -0.05) is 25.5 Å². The van der Waals surface area contributed by atoms with Crippen molar-refractivity contribution in [2.75, 3.05) is 0 Å². The zero-order chi connectivity index (χ0) is 6.41. The Labute approximate surface area is 116 Å². The molecule has 0 heterocycles. The molecule has 0 aliphatic carbocycles. The van der Waals surface area contributed by atoms with Gasteiger partial charge in [-0.25, -0.2) is 6.61 Å². The van der Waals surface area contributed by atoms with Crippen molar-refractivity contribution < 1.29 is 74.0 Å². The van der Waals surface area contributed by atoms with E-state index in [-0.39, 0.29) is 68.9 Å². The molecule has 0 aliphatic heterocycles. The van der Waals surface area contributed by atoms with Crippen molar-refractivity contribution in [1.82, 2.24) is 0 Å². The Morgan fingerprint density at radius 1 is 1.67 bits per heavy atom. The predicted octanol–water partition coefficient (Wildman–Crippen LogP) is -0.873. The van der Waals surface area contributed by atoms with Crippen molar-refractivity contribution in [2.45, 2.75) is 20.3 Å². The zero-order valence-electron chi connectivity index (χ0n) is 6.46. The van der Waals surface area contributed by atoms with Crippen LogP contribution in [0.4, 0.5) is 0 Å². The zero-order valence-corrected chi connectivity index (χ0v) is 12.7. The molecular weight excluding hydrogens is 233 g/mol. The van der Waals surface area contributed by atoms with Gasteiger partial charge < -0.3 is 5.11 Å². The summed E-state index contributed by atoms with van der Waals surface area (Å²) in [5.41, 5.74) is 0. The molecule has 0 saturated heterocycles. The van der Waals surface area contributed by atoms with Gasteiger partial charge in [0.15, 0.2) is 0 Å². The van der Waals surface area contributed by atoms with Gasteiger partial charge in [0.25, 0.3) is 0 Å². The maximum Gasteiger partial charge on any atom is 1.00 e. The van der Waals surface area contributed by atoms with Crippen LogP contribution in [0.15, 0.2) is 12.2 Å². The van der Waals surface area contributed by atoms with Crippen LogP contribution in [0.5, 0.6) is 0 Å². The second-order valence-electron chi connectivity index (χ2n) is 1.93. The first-order valence-corrected chi connectivity index (χ1v) is 2.90. The predicted molar refractivity (Wildman–Crippen MR) is 34.8 cm³/mol. The molecule has 0 amide bonds. The molecule has 0 rings (SSSR count). The third-order valence-corrected chi connectivity index (χ3v) is 0.998. The van der Waals surface area contributed by atoms with E-state index in [2.05, 4.69) is 0 Å². The average molecular weight is 246 g/mol. The Bertz CT molecular complexity index is 71.3. The Morgan fingerprint density at radius 3 is 2.56 bits per heavy atom. The largest absolute Gasteiger partial charge is 1.00 e. The number of allylic oxidation sites excluding steroid dienone is 2. The van der Waals surface area contributed by atoms with Crippen molar-refractivity contribution in [1.29, 1.82) is 0 Å². The Morgan fingerprint density at radius 2 is 2.22 bits per heavy atom.